The lowest BCUT2D eigenvalue weighted by Crippen LogP contribution is -2.16. The van der Waals surface area contributed by atoms with Gasteiger partial charge in [0.25, 0.3) is 0 Å². The Morgan fingerprint density at radius 2 is 1.83 bits per heavy atom. The molecule has 1 aromatic heterocycles. The summed E-state index contributed by atoms with van der Waals surface area (Å²) in [7, 11) is -3.44. The van der Waals surface area contributed by atoms with Gasteiger partial charge in [0.15, 0.2) is 9.84 Å². The van der Waals surface area contributed by atoms with Gasteiger partial charge in [0.05, 0.1) is 22.9 Å². The zero-order valence-electron chi connectivity index (χ0n) is 16.8. The monoisotopic (exact) mass is 429 g/mol. The fraction of sp³-hybridized carbons (Fsp3) is 0.286. The number of nitrogens with one attached hydrogen (secondary N) is 1. The van der Waals surface area contributed by atoms with Crippen LogP contribution in [0.3, 0.4) is 0 Å². The molecular formula is C21H23N3O5S. The quantitative estimate of drug-likeness (QED) is 0.554. The number of carbonyl (C=O) groups is 1. The van der Waals surface area contributed by atoms with Gasteiger partial charge in [-0.1, -0.05) is 24.2 Å². The molecule has 3 rings (SSSR count). The van der Waals surface area contributed by atoms with Crippen molar-refractivity contribution in [1.82, 2.24) is 10.1 Å². The minimum atomic E-state index is -3.44. The number of rotatable bonds is 9. The van der Waals surface area contributed by atoms with E-state index in [1.807, 2.05) is 31.2 Å². The lowest BCUT2D eigenvalue weighted by atomic mass is 10.2. The molecule has 0 unspecified atom stereocenters. The maximum absolute atomic E-state index is 12.3. The van der Waals surface area contributed by atoms with Gasteiger partial charge in [-0.2, -0.15) is 4.98 Å². The van der Waals surface area contributed by atoms with Gasteiger partial charge in [0.1, 0.15) is 5.75 Å². The van der Waals surface area contributed by atoms with E-state index >= 15 is 0 Å². The van der Waals surface area contributed by atoms with Gasteiger partial charge in [-0.15, -0.1) is 0 Å². The van der Waals surface area contributed by atoms with E-state index in [0.29, 0.717) is 18.3 Å². The zero-order valence-corrected chi connectivity index (χ0v) is 17.6. The Labute approximate surface area is 175 Å². The maximum Gasteiger partial charge on any atom is 0.227 e. The van der Waals surface area contributed by atoms with E-state index in [1.165, 1.54) is 6.07 Å². The number of nitrogens with zero attached hydrogens (tertiary/aromatic N) is 2. The molecule has 0 spiro atoms. The third kappa shape index (κ3) is 5.24. The molecule has 0 atom stereocenters. The van der Waals surface area contributed by atoms with Crippen LogP contribution in [-0.4, -0.2) is 36.8 Å². The van der Waals surface area contributed by atoms with Crippen LogP contribution < -0.4 is 10.1 Å². The van der Waals surface area contributed by atoms with Crippen LogP contribution in [0.5, 0.6) is 5.75 Å². The molecule has 0 radical (unpaired) electrons. The van der Waals surface area contributed by atoms with Crippen LogP contribution >= 0.6 is 0 Å². The topological polar surface area (TPSA) is 111 Å². The Hall–Kier alpha value is -3.20. The number of aromatic nitrogens is 2. The number of anilines is 1. The van der Waals surface area contributed by atoms with Crippen molar-refractivity contribution < 1.29 is 22.5 Å². The molecule has 3 aromatic rings. The first-order valence-corrected chi connectivity index (χ1v) is 11.3. The van der Waals surface area contributed by atoms with Gasteiger partial charge in [-0.25, -0.2) is 8.42 Å². The number of carbonyl (C=O) groups excluding carboxylic acids is 1. The minimum absolute atomic E-state index is 0.0454. The second-order valence-electron chi connectivity index (χ2n) is 6.42. The third-order valence-electron chi connectivity index (χ3n) is 4.33. The van der Waals surface area contributed by atoms with Gasteiger partial charge in [0.2, 0.25) is 17.6 Å². The van der Waals surface area contributed by atoms with Crippen LogP contribution in [0.4, 0.5) is 5.69 Å². The Morgan fingerprint density at radius 3 is 2.53 bits per heavy atom. The molecule has 1 heterocycles. The fourth-order valence-corrected chi connectivity index (χ4v) is 3.82. The summed E-state index contributed by atoms with van der Waals surface area (Å²) >= 11 is 0. The van der Waals surface area contributed by atoms with E-state index in [4.69, 9.17) is 9.26 Å². The lowest BCUT2D eigenvalue weighted by molar-refractivity contribution is -0.116. The van der Waals surface area contributed by atoms with E-state index in [1.54, 1.807) is 25.1 Å². The molecule has 9 heteroatoms. The number of amides is 1. The lowest BCUT2D eigenvalue weighted by Gasteiger charge is -2.10. The normalized spacial score (nSPS) is 11.3. The average Bonchev–Trinajstić information content (AvgIpc) is 3.22. The van der Waals surface area contributed by atoms with Crippen LogP contribution in [0.25, 0.3) is 11.4 Å². The number of sulfone groups is 1. The predicted molar refractivity (Wildman–Crippen MR) is 112 cm³/mol. The van der Waals surface area contributed by atoms with E-state index in [-0.39, 0.29) is 35.1 Å². The molecule has 30 heavy (non-hydrogen) atoms. The highest BCUT2D eigenvalue weighted by Gasteiger charge is 2.18. The van der Waals surface area contributed by atoms with Crippen molar-refractivity contribution in [3.8, 4) is 17.1 Å². The number of benzene rings is 2. The first-order chi connectivity index (χ1) is 14.4. The molecule has 0 aliphatic heterocycles. The molecule has 0 fully saturated rings. The summed E-state index contributed by atoms with van der Waals surface area (Å²) in [6, 6.07) is 13.7. The van der Waals surface area contributed by atoms with Crippen molar-refractivity contribution in [2.75, 3.05) is 17.7 Å². The van der Waals surface area contributed by atoms with Crippen molar-refractivity contribution in [3.63, 3.8) is 0 Å². The number of para-hydroxylation sites is 1. The smallest absolute Gasteiger partial charge is 0.227 e. The van der Waals surface area contributed by atoms with Crippen LogP contribution in [-0.2, 0) is 21.1 Å². The largest absolute Gasteiger partial charge is 0.494 e. The summed E-state index contributed by atoms with van der Waals surface area (Å²) in [4.78, 5) is 16.7. The molecule has 8 nitrogen and oxygen atoms in total. The van der Waals surface area contributed by atoms with Crippen LogP contribution in [0, 0.1) is 0 Å². The van der Waals surface area contributed by atoms with Crippen molar-refractivity contribution in [1.29, 1.82) is 0 Å². The van der Waals surface area contributed by atoms with Crippen LogP contribution in [0.2, 0.25) is 0 Å². The number of hydrogen-bond donors (Lipinski definition) is 1. The fourth-order valence-electron chi connectivity index (χ4n) is 2.77. The summed E-state index contributed by atoms with van der Waals surface area (Å²) in [5.74, 6) is 1.12. The number of ether oxygens (including phenoxy) is 1. The molecule has 158 valence electrons. The highest BCUT2D eigenvalue weighted by atomic mass is 32.2. The highest BCUT2D eigenvalue weighted by molar-refractivity contribution is 7.91. The van der Waals surface area contributed by atoms with Crippen molar-refractivity contribution in [2.45, 2.75) is 31.6 Å². The Morgan fingerprint density at radius 1 is 1.10 bits per heavy atom. The second kappa shape index (κ2) is 9.53. The number of aryl methyl sites for hydroxylation is 1. The van der Waals surface area contributed by atoms with Gasteiger partial charge < -0.3 is 14.6 Å². The molecule has 1 amide bonds. The first kappa shape index (κ1) is 21.5. The Bertz CT molecular complexity index is 1110. The van der Waals surface area contributed by atoms with E-state index in [2.05, 4.69) is 15.5 Å². The molecule has 0 bridgehead atoms. The molecule has 0 saturated heterocycles. The van der Waals surface area contributed by atoms with E-state index in [9.17, 15) is 13.2 Å². The summed E-state index contributed by atoms with van der Waals surface area (Å²) < 4.78 is 35.0. The standard InChI is InChI=1S/C21H23N3O5S/c1-3-28-16-11-9-15(10-12-16)21-23-20(29-24-21)14-13-19(25)22-17-7-5-6-8-18(17)30(26,27)4-2/h5-12H,3-4,13-14H2,1-2H3,(H,22,25). The average molecular weight is 429 g/mol. The summed E-state index contributed by atoms with van der Waals surface area (Å²) in [6.07, 6.45) is 0.309. The molecule has 0 saturated carbocycles. The van der Waals surface area contributed by atoms with Crippen molar-refractivity contribution >= 4 is 21.4 Å². The summed E-state index contributed by atoms with van der Waals surface area (Å²) in [6.45, 7) is 4.06. The predicted octanol–water partition coefficient (Wildman–Crippen LogP) is 3.50. The van der Waals surface area contributed by atoms with E-state index < -0.39 is 9.84 Å². The molecular weight excluding hydrogens is 406 g/mol. The SMILES string of the molecule is CCOc1ccc(-c2noc(CCC(=O)Nc3ccccc3S(=O)(=O)CC)n2)cc1. The van der Waals surface area contributed by atoms with Crippen molar-refractivity contribution in [3.05, 3.63) is 54.4 Å². The summed E-state index contributed by atoms with van der Waals surface area (Å²) in [5.41, 5.74) is 1.04. The zero-order chi connectivity index (χ0) is 21.6. The van der Waals surface area contributed by atoms with E-state index in [0.717, 1.165) is 11.3 Å². The second-order valence-corrected chi connectivity index (χ2v) is 8.66. The minimum Gasteiger partial charge on any atom is -0.494 e. The molecule has 2 aromatic carbocycles. The van der Waals surface area contributed by atoms with Crippen molar-refractivity contribution in [2.24, 2.45) is 0 Å². The van der Waals surface area contributed by atoms with Gasteiger partial charge in [-0.05, 0) is 43.3 Å². The van der Waals surface area contributed by atoms with Gasteiger partial charge >= 0.3 is 0 Å². The van der Waals surface area contributed by atoms with Crippen LogP contribution in [0.1, 0.15) is 26.2 Å². The summed E-state index contributed by atoms with van der Waals surface area (Å²) in [5, 5.41) is 6.60. The third-order valence-corrected chi connectivity index (χ3v) is 6.12. The van der Waals surface area contributed by atoms with Gasteiger partial charge in [-0.3, -0.25) is 4.79 Å². The van der Waals surface area contributed by atoms with Crippen LogP contribution in [0.15, 0.2) is 57.9 Å². The molecule has 0 aliphatic rings. The number of hydrogen-bond acceptors (Lipinski definition) is 7. The Balaban J connectivity index is 1.61. The Kier molecular flexibility index (Phi) is 6.83. The first-order valence-electron chi connectivity index (χ1n) is 9.60. The molecule has 1 N–H and O–H groups in total. The molecule has 0 aliphatic carbocycles. The maximum atomic E-state index is 12.3. The van der Waals surface area contributed by atoms with Gasteiger partial charge in [0, 0.05) is 18.4 Å². The highest BCUT2D eigenvalue weighted by Crippen LogP contribution is 2.23.